The zero-order chi connectivity index (χ0) is 13.4. The summed E-state index contributed by atoms with van der Waals surface area (Å²) >= 11 is 0. The van der Waals surface area contributed by atoms with Crippen LogP contribution in [0.3, 0.4) is 0 Å². The number of hydrogen-bond acceptors (Lipinski definition) is 2. The largest absolute Gasteiger partial charge is 0.269 e. The van der Waals surface area contributed by atoms with E-state index in [4.69, 9.17) is 0 Å². The van der Waals surface area contributed by atoms with Crippen LogP contribution in [0.15, 0.2) is 53.5 Å². The molecule has 0 saturated heterocycles. The number of hydrogen-bond donors (Lipinski definition) is 0. The first-order valence-corrected chi connectivity index (χ1v) is 6.21. The van der Waals surface area contributed by atoms with Crippen LogP contribution in [0.4, 0.5) is 0 Å². The smallest absolute Gasteiger partial charge is 0.257 e. The van der Waals surface area contributed by atoms with Crippen molar-refractivity contribution in [3.05, 3.63) is 70.1 Å². The number of rotatable bonds is 1. The Hall–Kier alpha value is -2.42. The van der Waals surface area contributed by atoms with Crippen molar-refractivity contribution in [2.24, 2.45) is 0 Å². The first-order valence-electron chi connectivity index (χ1n) is 6.21. The molecule has 19 heavy (non-hydrogen) atoms. The molecule has 0 N–H and O–H groups in total. The first-order chi connectivity index (χ1) is 9.16. The van der Waals surface area contributed by atoms with E-state index in [0.29, 0.717) is 5.82 Å². The van der Waals surface area contributed by atoms with Crippen molar-refractivity contribution in [1.29, 1.82) is 0 Å². The second-order valence-corrected chi connectivity index (χ2v) is 4.71. The highest BCUT2D eigenvalue weighted by Gasteiger charge is 2.08. The van der Waals surface area contributed by atoms with Gasteiger partial charge in [-0.25, -0.2) is 4.98 Å². The minimum Gasteiger partial charge on any atom is -0.269 e. The van der Waals surface area contributed by atoms with Crippen molar-refractivity contribution < 1.29 is 0 Å². The molecule has 3 nitrogen and oxygen atoms in total. The summed E-state index contributed by atoms with van der Waals surface area (Å²) < 4.78 is 1.66. The van der Waals surface area contributed by atoms with Gasteiger partial charge in [0.05, 0.1) is 5.52 Å². The molecule has 94 valence electrons. The maximum atomic E-state index is 12.3. The highest BCUT2D eigenvalue weighted by atomic mass is 16.1. The standard InChI is InChI=1S/C16H14N2O/c1-11-7-8-17-15(9-11)18-14-6-4-3-5-13(14)12(2)10-16(18)19/h3-10H,1-2H3. The van der Waals surface area contributed by atoms with Gasteiger partial charge in [0.2, 0.25) is 0 Å². The number of aromatic nitrogens is 2. The maximum absolute atomic E-state index is 12.3. The average molecular weight is 250 g/mol. The summed E-state index contributed by atoms with van der Waals surface area (Å²) in [6, 6.07) is 13.4. The van der Waals surface area contributed by atoms with Gasteiger partial charge in [-0.15, -0.1) is 0 Å². The third kappa shape index (κ3) is 1.93. The van der Waals surface area contributed by atoms with Gasteiger partial charge in [-0.05, 0) is 43.2 Å². The number of para-hydroxylation sites is 1. The van der Waals surface area contributed by atoms with Crippen molar-refractivity contribution in [3.8, 4) is 5.82 Å². The Morgan fingerprint density at radius 2 is 1.84 bits per heavy atom. The fourth-order valence-corrected chi connectivity index (χ4v) is 2.33. The van der Waals surface area contributed by atoms with Crippen molar-refractivity contribution in [2.45, 2.75) is 13.8 Å². The van der Waals surface area contributed by atoms with Gasteiger partial charge in [0, 0.05) is 17.6 Å². The molecule has 0 spiro atoms. The predicted molar refractivity (Wildman–Crippen MR) is 76.8 cm³/mol. The van der Waals surface area contributed by atoms with E-state index in [1.165, 1.54) is 0 Å². The van der Waals surface area contributed by atoms with Gasteiger partial charge in [-0.3, -0.25) is 9.36 Å². The topological polar surface area (TPSA) is 34.9 Å². The summed E-state index contributed by atoms with van der Waals surface area (Å²) in [6.45, 7) is 3.95. The van der Waals surface area contributed by atoms with E-state index in [2.05, 4.69) is 4.98 Å². The molecular formula is C16H14N2O. The number of pyridine rings is 2. The van der Waals surface area contributed by atoms with Crippen molar-refractivity contribution in [2.75, 3.05) is 0 Å². The van der Waals surface area contributed by atoms with Crippen molar-refractivity contribution >= 4 is 10.9 Å². The van der Waals surface area contributed by atoms with Gasteiger partial charge in [0.15, 0.2) is 0 Å². The Kier molecular flexibility index (Phi) is 2.67. The lowest BCUT2D eigenvalue weighted by atomic mass is 10.1. The Labute approximate surface area is 111 Å². The zero-order valence-electron chi connectivity index (χ0n) is 10.9. The average Bonchev–Trinajstić information content (AvgIpc) is 2.39. The molecule has 2 aromatic heterocycles. The highest BCUT2D eigenvalue weighted by Crippen LogP contribution is 2.18. The van der Waals surface area contributed by atoms with Crippen LogP contribution in [0.5, 0.6) is 0 Å². The first kappa shape index (κ1) is 11.7. The van der Waals surface area contributed by atoms with E-state index in [1.54, 1.807) is 16.8 Å². The zero-order valence-corrected chi connectivity index (χ0v) is 10.9. The molecule has 3 aromatic rings. The minimum absolute atomic E-state index is 0.0469. The van der Waals surface area contributed by atoms with Gasteiger partial charge in [0.25, 0.3) is 5.56 Å². The van der Waals surface area contributed by atoms with E-state index in [-0.39, 0.29) is 5.56 Å². The normalized spacial score (nSPS) is 10.8. The van der Waals surface area contributed by atoms with E-state index in [0.717, 1.165) is 22.0 Å². The van der Waals surface area contributed by atoms with Crippen LogP contribution < -0.4 is 5.56 Å². The highest BCUT2D eigenvalue weighted by molar-refractivity contribution is 5.83. The van der Waals surface area contributed by atoms with Gasteiger partial charge < -0.3 is 0 Å². The van der Waals surface area contributed by atoms with Crippen LogP contribution in [0.25, 0.3) is 16.7 Å². The van der Waals surface area contributed by atoms with Crippen LogP contribution in [-0.4, -0.2) is 9.55 Å². The Bertz CT molecular complexity index is 818. The monoisotopic (exact) mass is 250 g/mol. The van der Waals surface area contributed by atoms with Crippen molar-refractivity contribution in [3.63, 3.8) is 0 Å². The number of fused-ring (bicyclic) bond motifs is 1. The summed E-state index contributed by atoms with van der Waals surface area (Å²) in [5.41, 5.74) is 2.92. The molecule has 0 radical (unpaired) electrons. The maximum Gasteiger partial charge on any atom is 0.257 e. The van der Waals surface area contributed by atoms with E-state index in [9.17, 15) is 4.79 Å². The molecule has 3 rings (SSSR count). The molecule has 0 aliphatic rings. The molecular weight excluding hydrogens is 236 g/mol. The lowest BCUT2D eigenvalue weighted by Gasteiger charge is -2.11. The van der Waals surface area contributed by atoms with E-state index < -0.39 is 0 Å². The Balaban J connectivity index is 2.44. The van der Waals surface area contributed by atoms with Crippen LogP contribution in [0, 0.1) is 13.8 Å². The van der Waals surface area contributed by atoms with E-state index >= 15 is 0 Å². The number of nitrogens with zero attached hydrogens (tertiary/aromatic N) is 2. The third-order valence-electron chi connectivity index (χ3n) is 3.26. The van der Waals surface area contributed by atoms with Crippen LogP contribution >= 0.6 is 0 Å². The minimum atomic E-state index is -0.0469. The molecule has 0 saturated carbocycles. The Morgan fingerprint density at radius 3 is 2.63 bits per heavy atom. The molecule has 0 aliphatic carbocycles. The quantitative estimate of drug-likeness (QED) is 0.665. The number of aryl methyl sites for hydroxylation is 2. The van der Waals surface area contributed by atoms with Gasteiger partial charge in [-0.2, -0.15) is 0 Å². The molecule has 0 bridgehead atoms. The van der Waals surface area contributed by atoms with Gasteiger partial charge in [-0.1, -0.05) is 18.2 Å². The molecule has 2 heterocycles. The fourth-order valence-electron chi connectivity index (χ4n) is 2.33. The summed E-state index contributed by atoms with van der Waals surface area (Å²) in [4.78, 5) is 16.6. The SMILES string of the molecule is Cc1ccnc(-n2c(=O)cc(C)c3ccccc32)c1. The van der Waals surface area contributed by atoms with Crippen LogP contribution in [-0.2, 0) is 0 Å². The van der Waals surface area contributed by atoms with Crippen molar-refractivity contribution in [1.82, 2.24) is 9.55 Å². The molecule has 0 atom stereocenters. The fraction of sp³-hybridized carbons (Fsp3) is 0.125. The molecule has 3 heteroatoms. The van der Waals surface area contributed by atoms with E-state index in [1.807, 2.05) is 50.2 Å². The van der Waals surface area contributed by atoms with Gasteiger partial charge >= 0.3 is 0 Å². The van der Waals surface area contributed by atoms with Gasteiger partial charge in [0.1, 0.15) is 5.82 Å². The second kappa shape index (κ2) is 4.35. The molecule has 0 aliphatic heterocycles. The summed E-state index contributed by atoms with van der Waals surface area (Å²) in [6.07, 6.45) is 1.73. The molecule has 0 amide bonds. The van der Waals surface area contributed by atoms with Crippen LogP contribution in [0.2, 0.25) is 0 Å². The summed E-state index contributed by atoms with van der Waals surface area (Å²) in [7, 11) is 0. The second-order valence-electron chi connectivity index (χ2n) is 4.71. The summed E-state index contributed by atoms with van der Waals surface area (Å²) in [5, 5.41) is 1.07. The predicted octanol–water partition coefficient (Wildman–Crippen LogP) is 3.00. The molecule has 0 fully saturated rings. The molecule has 1 aromatic carbocycles. The summed E-state index contributed by atoms with van der Waals surface area (Å²) in [5.74, 6) is 0.668. The lowest BCUT2D eigenvalue weighted by molar-refractivity contribution is 0.976. The third-order valence-corrected chi connectivity index (χ3v) is 3.26. The lowest BCUT2D eigenvalue weighted by Crippen LogP contribution is -2.19. The van der Waals surface area contributed by atoms with Crippen LogP contribution in [0.1, 0.15) is 11.1 Å². The Morgan fingerprint density at radius 1 is 1.05 bits per heavy atom. The number of benzene rings is 1. The molecule has 0 unspecified atom stereocenters.